The molecule has 5 nitrogen and oxygen atoms in total. The van der Waals surface area contributed by atoms with Crippen LogP contribution in [0.3, 0.4) is 0 Å². The number of amides is 1. The molecule has 12 heavy (non-hydrogen) atoms. The van der Waals surface area contributed by atoms with Crippen LogP contribution in [0, 0.1) is 4.91 Å². The fraction of sp³-hybridized carbons (Fsp3) is 0.833. The van der Waals surface area contributed by atoms with Crippen molar-refractivity contribution in [3.63, 3.8) is 0 Å². The molecule has 1 aliphatic rings. The van der Waals surface area contributed by atoms with Gasteiger partial charge in [-0.25, -0.2) is 0 Å². The number of carbonyl (C=O) groups excluding carboxylic acids is 1. The van der Waals surface area contributed by atoms with Gasteiger partial charge in [-0.2, -0.15) is 0 Å². The highest BCUT2D eigenvalue weighted by molar-refractivity contribution is 14.1. The Morgan fingerprint density at radius 3 is 2.50 bits per heavy atom. The van der Waals surface area contributed by atoms with Crippen molar-refractivity contribution in [2.24, 2.45) is 5.29 Å². The van der Waals surface area contributed by atoms with Crippen LogP contribution in [0.2, 0.25) is 0 Å². The lowest BCUT2D eigenvalue weighted by Crippen LogP contribution is -2.41. The summed E-state index contributed by atoms with van der Waals surface area (Å²) >= 11 is 1.71. The van der Waals surface area contributed by atoms with Crippen LogP contribution in [-0.4, -0.2) is 28.1 Å². The first-order chi connectivity index (χ1) is 5.72. The van der Waals surface area contributed by atoms with Gasteiger partial charge in [0, 0.05) is 41.7 Å². The quantitative estimate of drug-likeness (QED) is 0.359. The number of hydrogen-bond donors (Lipinski definition) is 1. The number of nitroso groups, excluding NO2 is 1. The van der Waals surface area contributed by atoms with Gasteiger partial charge in [0.2, 0.25) is 0 Å². The molecule has 0 aromatic rings. The zero-order valence-electron chi connectivity index (χ0n) is 6.49. The number of nitrogens with zero attached hydrogens (tertiary/aromatic N) is 2. The number of carbonyl (C=O) groups is 1. The Kier molecular flexibility index (Phi) is 3.70. The maximum absolute atomic E-state index is 10.6. The first-order valence-corrected chi connectivity index (χ1v) is 4.84. The van der Waals surface area contributed by atoms with E-state index in [4.69, 9.17) is 0 Å². The summed E-state index contributed by atoms with van der Waals surface area (Å²) in [6, 6.07) is 0.215. The highest BCUT2D eigenvalue weighted by Crippen LogP contribution is 2.10. The Hall–Kier alpha value is -0.400. The lowest BCUT2D eigenvalue weighted by molar-refractivity contribution is 0.203. The third-order valence-electron chi connectivity index (χ3n) is 1.90. The second-order valence-electron chi connectivity index (χ2n) is 2.73. The van der Waals surface area contributed by atoms with E-state index in [1.165, 1.54) is 5.01 Å². The van der Waals surface area contributed by atoms with Crippen molar-refractivity contribution < 1.29 is 4.79 Å². The minimum Gasteiger partial charge on any atom is -0.345 e. The van der Waals surface area contributed by atoms with Gasteiger partial charge in [0.05, 0.1) is 5.29 Å². The fourth-order valence-electron chi connectivity index (χ4n) is 1.25. The van der Waals surface area contributed by atoms with Crippen LogP contribution in [0.4, 0.5) is 4.79 Å². The van der Waals surface area contributed by atoms with E-state index >= 15 is 0 Å². The number of piperidine rings is 1. The molecule has 0 bridgehead atoms. The molecule has 1 amide bonds. The van der Waals surface area contributed by atoms with Gasteiger partial charge in [0.15, 0.2) is 0 Å². The SMILES string of the molecule is O=NN1CCC(NC(=O)I)CC1. The predicted molar refractivity (Wildman–Crippen MR) is 52.9 cm³/mol. The predicted octanol–water partition coefficient (Wildman–Crippen LogP) is 1.28. The Bertz CT molecular complexity index is 180. The Morgan fingerprint density at radius 2 is 2.08 bits per heavy atom. The molecule has 0 aromatic heterocycles. The molecule has 0 aliphatic carbocycles. The molecule has 6 heteroatoms. The summed E-state index contributed by atoms with van der Waals surface area (Å²) in [4.78, 5) is 20.7. The molecule has 1 rings (SSSR count). The van der Waals surface area contributed by atoms with Crippen molar-refractivity contribution in [2.75, 3.05) is 13.1 Å². The zero-order chi connectivity index (χ0) is 8.97. The van der Waals surface area contributed by atoms with Crippen LogP contribution in [0.25, 0.3) is 0 Å². The van der Waals surface area contributed by atoms with Crippen molar-refractivity contribution in [3.05, 3.63) is 4.91 Å². The second-order valence-corrected chi connectivity index (χ2v) is 3.71. The Morgan fingerprint density at radius 1 is 1.50 bits per heavy atom. The van der Waals surface area contributed by atoms with Crippen LogP contribution in [0.15, 0.2) is 5.29 Å². The smallest absolute Gasteiger partial charge is 0.280 e. The summed E-state index contributed by atoms with van der Waals surface area (Å²) in [6.45, 7) is 1.29. The van der Waals surface area contributed by atoms with E-state index < -0.39 is 0 Å². The Balaban J connectivity index is 2.26. The number of hydrogen-bond acceptors (Lipinski definition) is 3. The Labute approximate surface area is 84.0 Å². The van der Waals surface area contributed by atoms with Crippen LogP contribution < -0.4 is 5.32 Å². The molecule has 1 aliphatic heterocycles. The average Bonchev–Trinajstić information content (AvgIpc) is 2.05. The van der Waals surface area contributed by atoms with Crippen molar-refractivity contribution in [1.29, 1.82) is 0 Å². The third-order valence-corrected chi connectivity index (χ3v) is 2.22. The van der Waals surface area contributed by atoms with E-state index in [9.17, 15) is 9.70 Å². The van der Waals surface area contributed by atoms with Gasteiger partial charge < -0.3 is 5.32 Å². The average molecular weight is 283 g/mol. The van der Waals surface area contributed by atoms with E-state index in [1.54, 1.807) is 22.6 Å². The molecular formula is C6H10IN3O2. The molecule has 0 unspecified atom stereocenters. The van der Waals surface area contributed by atoms with Crippen molar-refractivity contribution >= 4 is 26.5 Å². The van der Waals surface area contributed by atoms with E-state index in [2.05, 4.69) is 10.6 Å². The molecule has 0 spiro atoms. The summed E-state index contributed by atoms with van der Waals surface area (Å²) in [5, 5.41) is 7.12. The number of nitrogens with one attached hydrogen (secondary N) is 1. The summed E-state index contributed by atoms with van der Waals surface area (Å²) in [6.07, 6.45) is 1.61. The van der Waals surface area contributed by atoms with Gasteiger partial charge in [0.1, 0.15) is 0 Å². The van der Waals surface area contributed by atoms with Crippen LogP contribution in [-0.2, 0) is 0 Å². The first-order valence-electron chi connectivity index (χ1n) is 3.76. The summed E-state index contributed by atoms with van der Waals surface area (Å²) < 4.78 is -0.0369. The molecule has 0 saturated carbocycles. The van der Waals surface area contributed by atoms with Crippen molar-refractivity contribution in [3.8, 4) is 0 Å². The van der Waals surface area contributed by atoms with Gasteiger partial charge >= 0.3 is 0 Å². The largest absolute Gasteiger partial charge is 0.345 e. The molecular weight excluding hydrogens is 273 g/mol. The summed E-state index contributed by atoms with van der Waals surface area (Å²) in [7, 11) is 0. The molecule has 1 fully saturated rings. The van der Waals surface area contributed by atoms with Gasteiger partial charge in [-0.1, -0.05) is 0 Å². The van der Waals surface area contributed by atoms with E-state index in [-0.39, 0.29) is 9.96 Å². The van der Waals surface area contributed by atoms with Crippen LogP contribution >= 0.6 is 22.6 Å². The summed E-state index contributed by atoms with van der Waals surface area (Å²) in [5.41, 5.74) is 0. The molecule has 68 valence electrons. The highest BCUT2D eigenvalue weighted by atomic mass is 127. The summed E-state index contributed by atoms with van der Waals surface area (Å²) in [5.74, 6) is 0. The van der Waals surface area contributed by atoms with Crippen molar-refractivity contribution in [1.82, 2.24) is 10.3 Å². The molecule has 0 aromatic carbocycles. The number of halogens is 1. The maximum Gasteiger partial charge on any atom is 0.280 e. The lowest BCUT2D eigenvalue weighted by Gasteiger charge is -2.27. The van der Waals surface area contributed by atoms with Gasteiger partial charge in [-0.3, -0.25) is 9.80 Å². The van der Waals surface area contributed by atoms with Crippen LogP contribution in [0.5, 0.6) is 0 Å². The third kappa shape index (κ3) is 2.92. The zero-order valence-corrected chi connectivity index (χ0v) is 8.65. The topological polar surface area (TPSA) is 61.8 Å². The standard InChI is InChI=1S/C6H10IN3O2/c7-6(11)8-5-1-3-10(9-12)4-2-5/h5H,1-4H2,(H,8,11). The van der Waals surface area contributed by atoms with E-state index in [1.807, 2.05) is 0 Å². The normalized spacial score (nSPS) is 18.9. The molecule has 1 N–H and O–H groups in total. The first kappa shape index (κ1) is 9.69. The van der Waals surface area contributed by atoms with E-state index in [0.717, 1.165) is 12.8 Å². The molecule has 0 atom stereocenters. The lowest BCUT2D eigenvalue weighted by atomic mass is 10.1. The number of rotatable bonds is 2. The minimum absolute atomic E-state index is 0.0369. The molecule has 1 heterocycles. The van der Waals surface area contributed by atoms with Gasteiger partial charge in [0.25, 0.3) is 3.91 Å². The fourth-order valence-corrected chi connectivity index (χ4v) is 1.69. The van der Waals surface area contributed by atoms with E-state index in [0.29, 0.717) is 13.1 Å². The van der Waals surface area contributed by atoms with Gasteiger partial charge in [-0.15, -0.1) is 4.91 Å². The highest BCUT2D eigenvalue weighted by Gasteiger charge is 2.19. The maximum atomic E-state index is 10.6. The monoisotopic (exact) mass is 283 g/mol. The minimum atomic E-state index is -0.0369. The van der Waals surface area contributed by atoms with Crippen LogP contribution in [0.1, 0.15) is 12.8 Å². The molecule has 1 saturated heterocycles. The van der Waals surface area contributed by atoms with Crippen molar-refractivity contribution in [2.45, 2.75) is 18.9 Å². The second kappa shape index (κ2) is 4.58. The molecule has 0 radical (unpaired) electrons. The van der Waals surface area contributed by atoms with Gasteiger partial charge in [-0.05, 0) is 12.8 Å².